The summed E-state index contributed by atoms with van der Waals surface area (Å²) in [7, 11) is 0. The van der Waals surface area contributed by atoms with Gasteiger partial charge in [0.05, 0.1) is 5.69 Å². The quantitative estimate of drug-likeness (QED) is 0.472. The number of fused-ring (bicyclic) bond motifs is 1. The van der Waals surface area contributed by atoms with Gasteiger partial charge in [0, 0.05) is 55.4 Å². The van der Waals surface area contributed by atoms with E-state index in [0.717, 1.165) is 35.2 Å². The van der Waals surface area contributed by atoms with Gasteiger partial charge in [0.2, 0.25) is 5.91 Å². The molecule has 1 saturated heterocycles. The summed E-state index contributed by atoms with van der Waals surface area (Å²) in [5, 5.41) is 8.07. The highest BCUT2D eigenvalue weighted by Gasteiger charge is 2.30. The van der Waals surface area contributed by atoms with E-state index in [0.29, 0.717) is 37.5 Å². The molecule has 0 atom stereocenters. The largest absolute Gasteiger partial charge is 0.492 e. The van der Waals surface area contributed by atoms with Crippen LogP contribution in [0.15, 0.2) is 76.3 Å². The van der Waals surface area contributed by atoms with Crippen LogP contribution in [0.1, 0.15) is 12.8 Å². The van der Waals surface area contributed by atoms with Gasteiger partial charge in [-0.1, -0.05) is 52.3 Å². The second-order valence-electron chi connectivity index (χ2n) is 8.69. The summed E-state index contributed by atoms with van der Waals surface area (Å²) >= 11 is 3.40. The predicted molar refractivity (Wildman–Crippen MR) is 141 cm³/mol. The van der Waals surface area contributed by atoms with Crippen LogP contribution < -0.4 is 9.75 Å². The number of carbonyl (C=O) groups excluding carboxylic acids is 2. The lowest BCUT2D eigenvalue weighted by Crippen LogP contribution is -2.52. The molecule has 0 N–H and O–H groups in total. The van der Waals surface area contributed by atoms with Crippen molar-refractivity contribution < 1.29 is 14.3 Å². The van der Waals surface area contributed by atoms with E-state index in [-0.39, 0.29) is 18.2 Å². The number of hydrogen-bond donors (Lipinski definition) is 0. The number of ether oxygens (including phenoxy) is 1. The van der Waals surface area contributed by atoms with Gasteiger partial charge in [0.25, 0.3) is 5.91 Å². The van der Waals surface area contributed by atoms with Crippen LogP contribution in [0, 0.1) is 0 Å². The van der Waals surface area contributed by atoms with E-state index in [9.17, 15) is 9.59 Å². The molecule has 0 saturated carbocycles. The summed E-state index contributed by atoms with van der Waals surface area (Å²) in [6.07, 6.45) is 0.663. The Morgan fingerprint density at radius 3 is 2.46 bits per heavy atom. The number of halogens is 1. The maximum Gasteiger partial charge on any atom is 0.270 e. The van der Waals surface area contributed by atoms with Crippen LogP contribution in [-0.2, 0) is 9.59 Å². The molecule has 0 aliphatic carbocycles. The number of hydrazone groups is 1. The molecule has 2 heterocycles. The molecular weight excluding hydrogens is 508 g/mol. The summed E-state index contributed by atoms with van der Waals surface area (Å²) in [6, 6.07) is 21.7. The Balaban J connectivity index is 1.14. The molecule has 0 radical (unpaired) electrons. The highest BCUT2D eigenvalue weighted by Crippen LogP contribution is 2.25. The zero-order chi connectivity index (χ0) is 24.2. The number of rotatable bonds is 6. The Bertz CT molecular complexity index is 1250. The summed E-state index contributed by atoms with van der Waals surface area (Å²) in [5.74, 6) is 0.725. The van der Waals surface area contributed by atoms with E-state index < -0.39 is 0 Å². The van der Waals surface area contributed by atoms with Gasteiger partial charge in [-0.2, -0.15) is 5.10 Å². The van der Waals surface area contributed by atoms with Crippen LogP contribution in [0.2, 0.25) is 0 Å². The van der Waals surface area contributed by atoms with Crippen LogP contribution in [0.4, 0.5) is 5.69 Å². The van der Waals surface area contributed by atoms with Crippen molar-refractivity contribution in [3.63, 3.8) is 0 Å². The van der Waals surface area contributed by atoms with Gasteiger partial charge in [-0.3, -0.25) is 14.5 Å². The standard InChI is InChI=1S/C27H27BrN4O3/c28-21-8-10-22(11-9-21)32-26(33)13-12-24(29-32)27(34)31-16-14-30(15-17-31)18-19-35-25-7-3-5-20-4-1-2-6-23(20)25/h1-11H,12-19H2. The minimum Gasteiger partial charge on any atom is -0.492 e. The Morgan fingerprint density at radius 1 is 0.914 bits per heavy atom. The predicted octanol–water partition coefficient (Wildman–Crippen LogP) is 4.31. The van der Waals surface area contributed by atoms with Crippen molar-refractivity contribution >= 4 is 49.9 Å². The fourth-order valence-electron chi connectivity index (χ4n) is 4.45. The van der Waals surface area contributed by atoms with Gasteiger partial charge >= 0.3 is 0 Å². The molecule has 2 aliphatic heterocycles. The van der Waals surface area contributed by atoms with Gasteiger partial charge in [-0.15, -0.1) is 0 Å². The molecule has 0 unspecified atom stereocenters. The van der Waals surface area contributed by atoms with E-state index in [1.165, 1.54) is 10.4 Å². The molecular formula is C27H27BrN4O3. The zero-order valence-corrected chi connectivity index (χ0v) is 21.0. The first-order valence-electron chi connectivity index (χ1n) is 11.9. The minimum absolute atomic E-state index is 0.0775. The maximum absolute atomic E-state index is 13.1. The summed E-state index contributed by atoms with van der Waals surface area (Å²) in [4.78, 5) is 29.7. The molecule has 2 amide bonds. The van der Waals surface area contributed by atoms with E-state index >= 15 is 0 Å². The fourth-order valence-corrected chi connectivity index (χ4v) is 4.72. The van der Waals surface area contributed by atoms with E-state index in [2.05, 4.69) is 44.1 Å². The average molecular weight is 535 g/mol. The molecule has 0 aromatic heterocycles. The average Bonchev–Trinajstić information content (AvgIpc) is 2.90. The number of anilines is 1. The molecule has 3 aromatic carbocycles. The Kier molecular flexibility index (Phi) is 7.11. The van der Waals surface area contributed by atoms with Gasteiger partial charge in [0.15, 0.2) is 0 Å². The third-order valence-corrected chi connectivity index (χ3v) is 6.95. The zero-order valence-electron chi connectivity index (χ0n) is 19.4. The number of benzene rings is 3. The normalized spacial score (nSPS) is 16.9. The molecule has 1 fully saturated rings. The molecule has 5 rings (SSSR count). The fraction of sp³-hybridized carbons (Fsp3) is 0.296. The van der Waals surface area contributed by atoms with Crippen molar-refractivity contribution in [1.29, 1.82) is 0 Å². The summed E-state index contributed by atoms with van der Waals surface area (Å²) < 4.78 is 7.00. The summed E-state index contributed by atoms with van der Waals surface area (Å²) in [5.41, 5.74) is 1.11. The van der Waals surface area contributed by atoms with Gasteiger partial charge in [-0.25, -0.2) is 5.01 Å². The molecule has 35 heavy (non-hydrogen) atoms. The van der Waals surface area contributed by atoms with E-state index in [4.69, 9.17) is 4.74 Å². The Hall–Kier alpha value is -3.23. The van der Waals surface area contributed by atoms with Crippen LogP contribution >= 0.6 is 15.9 Å². The van der Waals surface area contributed by atoms with Crippen molar-refractivity contribution in [1.82, 2.24) is 9.80 Å². The van der Waals surface area contributed by atoms with Crippen molar-refractivity contribution in [3.05, 3.63) is 71.2 Å². The molecule has 0 spiro atoms. The van der Waals surface area contributed by atoms with Crippen molar-refractivity contribution in [3.8, 4) is 5.75 Å². The lowest BCUT2D eigenvalue weighted by Gasteiger charge is -2.35. The number of nitrogens with zero attached hydrogens (tertiary/aromatic N) is 4. The molecule has 8 heteroatoms. The van der Waals surface area contributed by atoms with Gasteiger partial charge < -0.3 is 9.64 Å². The SMILES string of the molecule is O=C(C1=NN(c2ccc(Br)cc2)C(=O)CC1)N1CCN(CCOc2cccc3ccccc23)CC1. The smallest absolute Gasteiger partial charge is 0.270 e. The van der Waals surface area contributed by atoms with E-state index in [1.54, 1.807) is 0 Å². The monoisotopic (exact) mass is 534 g/mol. The third-order valence-electron chi connectivity index (χ3n) is 6.42. The number of hydrogen-bond acceptors (Lipinski definition) is 5. The minimum atomic E-state index is -0.0973. The van der Waals surface area contributed by atoms with Crippen molar-refractivity contribution in [2.45, 2.75) is 12.8 Å². The molecule has 7 nitrogen and oxygen atoms in total. The van der Waals surface area contributed by atoms with E-state index in [1.807, 2.05) is 53.4 Å². The molecule has 0 bridgehead atoms. The third kappa shape index (κ3) is 5.39. The first-order valence-corrected chi connectivity index (χ1v) is 12.7. The first-order chi connectivity index (χ1) is 17.1. The van der Waals surface area contributed by atoms with Crippen LogP contribution in [0.3, 0.4) is 0 Å². The number of piperazine rings is 1. The van der Waals surface area contributed by atoms with Gasteiger partial charge in [-0.05, 0) is 35.7 Å². The highest BCUT2D eigenvalue weighted by atomic mass is 79.9. The van der Waals surface area contributed by atoms with Crippen LogP contribution in [0.25, 0.3) is 10.8 Å². The Morgan fingerprint density at radius 2 is 1.66 bits per heavy atom. The first kappa shape index (κ1) is 23.5. The van der Waals surface area contributed by atoms with Crippen LogP contribution in [0.5, 0.6) is 5.75 Å². The molecule has 180 valence electrons. The molecule has 3 aromatic rings. The number of amides is 2. The second-order valence-corrected chi connectivity index (χ2v) is 9.60. The molecule has 2 aliphatic rings. The van der Waals surface area contributed by atoms with Crippen molar-refractivity contribution in [2.24, 2.45) is 5.10 Å². The topological polar surface area (TPSA) is 65.5 Å². The van der Waals surface area contributed by atoms with Crippen LogP contribution in [-0.4, -0.2) is 66.7 Å². The second kappa shape index (κ2) is 10.6. The highest BCUT2D eigenvalue weighted by molar-refractivity contribution is 9.10. The lowest BCUT2D eigenvalue weighted by atomic mass is 10.1. The maximum atomic E-state index is 13.1. The number of carbonyl (C=O) groups is 2. The summed E-state index contributed by atoms with van der Waals surface area (Å²) in [6.45, 7) is 4.24. The lowest BCUT2D eigenvalue weighted by molar-refractivity contribution is -0.126. The van der Waals surface area contributed by atoms with Gasteiger partial charge in [0.1, 0.15) is 18.1 Å². The van der Waals surface area contributed by atoms with Crippen molar-refractivity contribution in [2.75, 3.05) is 44.3 Å². The Labute approximate surface area is 213 Å².